The van der Waals surface area contributed by atoms with Crippen LogP contribution in [0.5, 0.6) is 5.75 Å². The van der Waals surface area contributed by atoms with Crippen molar-refractivity contribution < 1.29 is 29.0 Å². The number of ketones is 1. The van der Waals surface area contributed by atoms with E-state index in [-0.39, 0.29) is 30.6 Å². The Kier molecular flexibility index (Phi) is 6.82. The average Bonchev–Trinajstić information content (AvgIpc) is 2.64. The van der Waals surface area contributed by atoms with E-state index >= 15 is 0 Å². The monoisotopic (exact) mass is 391 g/mol. The summed E-state index contributed by atoms with van der Waals surface area (Å²) in [5.74, 6) is -0.849. The fourth-order valence-corrected chi connectivity index (χ4v) is 3.57. The Hall–Kier alpha value is -2.41. The maximum atomic E-state index is 12.3. The van der Waals surface area contributed by atoms with Crippen LogP contribution in [0, 0.1) is 5.41 Å². The molecule has 0 bridgehead atoms. The highest BCUT2D eigenvalue weighted by Gasteiger charge is 2.66. The van der Waals surface area contributed by atoms with E-state index in [1.165, 1.54) is 6.92 Å². The lowest BCUT2D eigenvalue weighted by molar-refractivity contribution is -0.194. The lowest BCUT2D eigenvalue weighted by Gasteiger charge is -2.58. The summed E-state index contributed by atoms with van der Waals surface area (Å²) in [5.41, 5.74) is -1.45. The van der Waals surface area contributed by atoms with Gasteiger partial charge in [-0.25, -0.2) is 4.79 Å². The number of carboxylic acids is 1. The number of rotatable bonds is 10. The van der Waals surface area contributed by atoms with Gasteiger partial charge in [0.05, 0.1) is 12.7 Å². The van der Waals surface area contributed by atoms with Gasteiger partial charge in [0.2, 0.25) is 5.91 Å². The summed E-state index contributed by atoms with van der Waals surface area (Å²) in [7, 11) is 0. The van der Waals surface area contributed by atoms with Gasteiger partial charge in [0, 0.05) is 30.4 Å². The third-order valence-corrected chi connectivity index (χ3v) is 5.54. The quantitative estimate of drug-likeness (QED) is 0.470. The number of benzene rings is 1. The van der Waals surface area contributed by atoms with Crippen LogP contribution in [-0.2, 0) is 14.3 Å². The minimum absolute atomic E-state index is 0.0442. The summed E-state index contributed by atoms with van der Waals surface area (Å²) in [6.07, 6.45) is 0.632. The number of hydrogen-bond acceptors (Lipinski definition) is 5. The van der Waals surface area contributed by atoms with Crippen molar-refractivity contribution in [2.24, 2.45) is 5.41 Å². The van der Waals surface area contributed by atoms with E-state index in [1.807, 2.05) is 6.92 Å². The van der Waals surface area contributed by atoms with Crippen LogP contribution >= 0.6 is 0 Å². The molecule has 0 heterocycles. The van der Waals surface area contributed by atoms with E-state index in [0.29, 0.717) is 30.9 Å². The molecular weight excluding hydrogens is 362 g/mol. The zero-order chi connectivity index (χ0) is 20.9. The van der Waals surface area contributed by atoms with Gasteiger partial charge in [0.25, 0.3) is 0 Å². The molecule has 1 fully saturated rings. The van der Waals surface area contributed by atoms with Gasteiger partial charge in [-0.05, 0) is 32.4 Å². The molecule has 0 spiro atoms. The predicted molar refractivity (Wildman–Crippen MR) is 103 cm³/mol. The number of aliphatic carboxylic acids is 1. The molecule has 1 aliphatic carbocycles. The second-order valence-electron chi connectivity index (χ2n) is 7.66. The Morgan fingerprint density at radius 3 is 2.57 bits per heavy atom. The van der Waals surface area contributed by atoms with E-state index in [4.69, 9.17) is 9.47 Å². The van der Waals surface area contributed by atoms with Crippen molar-refractivity contribution in [3.05, 3.63) is 29.8 Å². The molecular formula is C21H29NO6. The first-order chi connectivity index (χ1) is 13.1. The highest BCUT2D eigenvalue weighted by Crippen LogP contribution is 2.51. The van der Waals surface area contributed by atoms with Gasteiger partial charge in [0.1, 0.15) is 11.3 Å². The number of Topliss-reactive ketones (excluding diaryl/α,β-unsaturated/α-hetero) is 1. The minimum atomic E-state index is -1.32. The maximum Gasteiger partial charge on any atom is 0.330 e. The molecule has 7 nitrogen and oxygen atoms in total. The van der Waals surface area contributed by atoms with Crippen LogP contribution in [0.25, 0.3) is 0 Å². The van der Waals surface area contributed by atoms with E-state index in [0.717, 1.165) is 0 Å². The normalized spacial score (nSPS) is 22.8. The summed E-state index contributed by atoms with van der Waals surface area (Å²) in [6, 6.07) is 6.86. The molecule has 1 saturated carbocycles. The smallest absolute Gasteiger partial charge is 0.330 e. The molecule has 1 aliphatic rings. The van der Waals surface area contributed by atoms with Crippen molar-refractivity contribution >= 4 is 17.7 Å². The van der Waals surface area contributed by atoms with Gasteiger partial charge in [-0.3, -0.25) is 9.59 Å². The van der Waals surface area contributed by atoms with Crippen molar-refractivity contribution in [3.8, 4) is 5.75 Å². The lowest BCUT2D eigenvalue weighted by atomic mass is 9.54. The summed E-state index contributed by atoms with van der Waals surface area (Å²) in [4.78, 5) is 35.6. The van der Waals surface area contributed by atoms with Crippen LogP contribution in [0.2, 0.25) is 0 Å². The number of amides is 1. The maximum absolute atomic E-state index is 12.3. The Morgan fingerprint density at radius 2 is 2.00 bits per heavy atom. The molecule has 0 aromatic heterocycles. The number of carboxylic acid groups (broad SMARTS) is 1. The second-order valence-corrected chi connectivity index (χ2v) is 7.66. The lowest BCUT2D eigenvalue weighted by Crippen LogP contribution is -2.76. The molecule has 1 aromatic carbocycles. The molecule has 28 heavy (non-hydrogen) atoms. The van der Waals surface area contributed by atoms with Crippen molar-refractivity contribution in [1.82, 2.24) is 5.32 Å². The zero-order valence-electron chi connectivity index (χ0n) is 16.9. The first kappa shape index (κ1) is 21.9. The number of carbonyl (C=O) groups excluding carboxylic acids is 2. The van der Waals surface area contributed by atoms with Crippen molar-refractivity contribution in [1.29, 1.82) is 0 Å². The molecule has 0 aliphatic heterocycles. The molecule has 2 unspecified atom stereocenters. The van der Waals surface area contributed by atoms with Crippen molar-refractivity contribution in [3.63, 3.8) is 0 Å². The molecule has 154 valence electrons. The van der Waals surface area contributed by atoms with E-state index < -0.39 is 16.9 Å². The van der Waals surface area contributed by atoms with Crippen molar-refractivity contribution in [2.75, 3.05) is 13.2 Å². The van der Waals surface area contributed by atoms with Gasteiger partial charge >= 0.3 is 5.97 Å². The van der Waals surface area contributed by atoms with Crippen LogP contribution in [0.4, 0.5) is 0 Å². The highest BCUT2D eigenvalue weighted by atomic mass is 16.5. The minimum Gasteiger partial charge on any atom is -0.494 e. The van der Waals surface area contributed by atoms with Crippen LogP contribution in [-0.4, -0.2) is 47.6 Å². The van der Waals surface area contributed by atoms with Gasteiger partial charge in [-0.2, -0.15) is 0 Å². The Labute approximate surface area is 165 Å². The Bertz CT molecular complexity index is 744. The third kappa shape index (κ3) is 4.35. The first-order valence-corrected chi connectivity index (χ1v) is 9.54. The second kappa shape index (κ2) is 8.73. The molecule has 0 radical (unpaired) electrons. The molecule has 2 atom stereocenters. The molecule has 7 heteroatoms. The zero-order valence-corrected chi connectivity index (χ0v) is 16.9. The van der Waals surface area contributed by atoms with Gasteiger partial charge in [-0.1, -0.05) is 26.0 Å². The summed E-state index contributed by atoms with van der Waals surface area (Å²) in [5, 5.41) is 12.4. The topological polar surface area (TPSA) is 102 Å². The van der Waals surface area contributed by atoms with Gasteiger partial charge < -0.3 is 19.9 Å². The molecule has 2 N–H and O–H groups in total. The van der Waals surface area contributed by atoms with E-state index in [9.17, 15) is 19.5 Å². The highest BCUT2D eigenvalue weighted by molar-refractivity contribution is 5.94. The van der Waals surface area contributed by atoms with E-state index in [2.05, 4.69) is 5.32 Å². The van der Waals surface area contributed by atoms with Crippen LogP contribution < -0.4 is 10.1 Å². The molecule has 0 saturated heterocycles. The third-order valence-electron chi connectivity index (χ3n) is 5.54. The van der Waals surface area contributed by atoms with Crippen LogP contribution in [0.1, 0.15) is 57.3 Å². The first-order valence-electron chi connectivity index (χ1n) is 9.54. The molecule has 2 rings (SSSR count). The van der Waals surface area contributed by atoms with Crippen LogP contribution in [0.15, 0.2) is 24.3 Å². The average molecular weight is 391 g/mol. The number of ether oxygens (including phenoxy) is 2. The van der Waals surface area contributed by atoms with Crippen LogP contribution in [0.3, 0.4) is 0 Å². The number of carbonyl (C=O) groups is 3. The summed E-state index contributed by atoms with van der Waals surface area (Å²) < 4.78 is 11.2. The number of nitrogens with one attached hydrogen (secondary N) is 1. The van der Waals surface area contributed by atoms with Crippen molar-refractivity contribution in [2.45, 2.75) is 58.6 Å². The van der Waals surface area contributed by atoms with Gasteiger partial charge in [0.15, 0.2) is 5.78 Å². The Morgan fingerprint density at radius 1 is 1.29 bits per heavy atom. The summed E-state index contributed by atoms with van der Waals surface area (Å²) in [6.45, 7) is 7.74. The van der Waals surface area contributed by atoms with Gasteiger partial charge in [-0.15, -0.1) is 0 Å². The fourth-order valence-electron chi connectivity index (χ4n) is 3.57. The molecule has 1 aromatic rings. The largest absolute Gasteiger partial charge is 0.494 e. The Balaban J connectivity index is 1.85. The fraction of sp³-hybridized carbons (Fsp3) is 0.571. The standard InChI is InChI=1S/C21H29NO6/c1-5-27-17-13-21(19(25)26,20(17,3)4)22-18(24)10-7-11-28-16-9-6-8-15(12-16)14(2)23/h6,8-9,12,17H,5,7,10-11,13H2,1-4H3,(H,22,24)(H,25,26). The predicted octanol–water partition coefficient (Wildman–Crippen LogP) is 2.82. The molecule has 1 amide bonds. The number of hydrogen-bond donors (Lipinski definition) is 2. The SMILES string of the molecule is CCOC1CC(NC(=O)CCCOc2cccc(C(C)=O)c2)(C(=O)O)C1(C)C. The summed E-state index contributed by atoms with van der Waals surface area (Å²) >= 11 is 0. The van der Waals surface area contributed by atoms with E-state index in [1.54, 1.807) is 38.1 Å².